The zero-order valence-corrected chi connectivity index (χ0v) is 16.6. The quantitative estimate of drug-likeness (QED) is 0.590. The molecule has 2 N–H and O–H groups in total. The van der Waals surface area contributed by atoms with E-state index in [1.54, 1.807) is 6.07 Å². The molecule has 1 unspecified atom stereocenters. The molecule has 0 bridgehead atoms. The van der Waals surface area contributed by atoms with Gasteiger partial charge in [-0.15, -0.1) is 13.2 Å². The summed E-state index contributed by atoms with van der Waals surface area (Å²) >= 11 is 12.1. The second-order valence-electron chi connectivity index (χ2n) is 6.18. The second kappa shape index (κ2) is 9.65. The Morgan fingerprint density at radius 2 is 1.83 bits per heavy atom. The molecule has 2 rings (SSSR count). The average Bonchev–Trinajstić information content (AvgIpc) is 2.61. The minimum atomic E-state index is -4.88. The lowest BCUT2D eigenvalue weighted by atomic mass is 9.96. The number of hydrogen-bond donors (Lipinski definition) is 2. The van der Waals surface area contributed by atoms with Crippen molar-refractivity contribution in [3.63, 3.8) is 0 Å². The summed E-state index contributed by atoms with van der Waals surface area (Å²) in [7, 11) is 0. The van der Waals surface area contributed by atoms with E-state index >= 15 is 0 Å². The normalized spacial score (nSPS) is 12.6. The second-order valence-corrected chi connectivity index (χ2v) is 7.00. The molecule has 0 radical (unpaired) electrons. The highest BCUT2D eigenvalue weighted by Crippen LogP contribution is 2.34. The summed E-state index contributed by atoms with van der Waals surface area (Å²) in [4.78, 5) is 11.9. The number of carbonyl (C=O) groups excluding carboxylic acids is 1. The predicted molar refractivity (Wildman–Crippen MR) is 101 cm³/mol. The summed E-state index contributed by atoms with van der Waals surface area (Å²) in [5.41, 5.74) is 0.932. The van der Waals surface area contributed by atoms with Gasteiger partial charge in [0.2, 0.25) is 5.91 Å². The fraction of sp³-hybridized carbons (Fsp3) is 0.316. The number of carbonyl (C=O) groups is 1. The van der Waals surface area contributed by atoms with E-state index in [1.165, 1.54) is 19.1 Å². The van der Waals surface area contributed by atoms with Crippen LogP contribution in [0.25, 0.3) is 0 Å². The molecule has 0 heterocycles. The van der Waals surface area contributed by atoms with Crippen LogP contribution in [0.2, 0.25) is 10.0 Å². The van der Waals surface area contributed by atoms with Crippen molar-refractivity contribution in [2.24, 2.45) is 0 Å². The van der Waals surface area contributed by atoms with Crippen molar-refractivity contribution in [1.82, 2.24) is 5.32 Å². The van der Waals surface area contributed by atoms with E-state index in [1.807, 2.05) is 0 Å². The number of aliphatic hydroxyl groups excluding tert-OH is 1. The zero-order chi connectivity index (χ0) is 21.8. The number of amides is 1. The molecule has 0 saturated carbocycles. The summed E-state index contributed by atoms with van der Waals surface area (Å²) in [6, 6.07) is 6.18. The first-order valence-corrected chi connectivity index (χ1v) is 9.18. The Hall–Kier alpha value is -2.03. The van der Waals surface area contributed by atoms with Crippen LogP contribution in [-0.4, -0.2) is 30.5 Å². The molecular weight excluding hydrogens is 437 g/mol. The number of nitrogens with one attached hydrogen (secondary N) is 1. The molecule has 0 aromatic heterocycles. The first kappa shape index (κ1) is 23.3. The number of halogens is 6. The van der Waals surface area contributed by atoms with Gasteiger partial charge in [0.25, 0.3) is 0 Å². The molecular formula is C19H17Cl2F4NO3. The van der Waals surface area contributed by atoms with Crippen LogP contribution in [0.3, 0.4) is 0 Å². The molecule has 1 amide bonds. The number of rotatable bonds is 7. The van der Waals surface area contributed by atoms with E-state index < -0.39 is 29.8 Å². The maximum atomic E-state index is 14.5. The highest BCUT2D eigenvalue weighted by molar-refractivity contribution is 6.36. The molecule has 158 valence electrons. The molecule has 0 aliphatic carbocycles. The summed E-state index contributed by atoms with van der Waals surface area (Å²) in [6.45, 7) is 1.36. The van der Waals surface area contributed by atoms with Gasteiger partial charge in [-0.25, -0.2) is 4.39 Å². The number of hydrogen-bond acceptors (Lipinski definition) is 3. The number of alkyl halides is 3. The first-order chi connectivity index (χ1) is 13.5. The number of ether oxygens (including phenoxy) is 1. The first-order valence-electron chi connectivity index (χ1n) is 8.42. The van der Waals surface area contributed by atoms with E-state index in [0.717, 1.165) is 12.1 Å². The minimum Gasteiger partial charge on any atom is -0.406 e. The van der Waals surface area contributed by atoms with Crippen molar-refractivity contribution in [3.05, 3.63) is 62.9 Å². The Labute approximate surface area is 174 Å². The van der Waals surface area contributed by atoms with Crippen LogP contribution in [0.4, 0.5) is 17.6 Å². The van der Waals surface area contributed by atoms with Gasteiger partial charge in [-0.2, -0.15) is 0 Å². The maximum Gasteiger partial charge on any atom is 0.573 e. The molecule has 0 fully saturated rings. The summed E-state index contributed by atoms with van der Waals surface area (Å²) in [6.07, 6.45) is -4.82. The van der Waals surface area contributed by atoms with Gasteiger partial charge >= 0.3 is 6.36 Å². The minimum absolute atomic E-state index is 0.0574. The molecule has 0 aliphatic heterocycles. The van der Waals surface area contributed by atoms with Crippen LogP contribution in [0.5, 0.6) is 5.75 Å². The molecule has 2 aromatic carbocycles. The van der Waals surface area contributed by atoms with E-state index in [9.17, 15) is 22.4 Å². The van der Waals surface area contributed by atoms with Gasteiger partial charge in [-0.3, -0.25) is 4.79 Å². The average molecular weight is 454 g/mol. The fourth-order valence-electron chi connectivity index (χ4n) is 2.65. The van der Waals surface area contributed by atoms with Crippen LogP contribution < -0.4 is 10.1 Å². The Balaban J connectivity index is 2.21. The smallest absolute Gasteiger partial charge is 0.406 e. The lowest BCUT2D eigenvalue weighted by Crippen LogP contribution is -2.30. The van der Waals surface area contributed by atoms with Gasteiger partial charge in [0.1, 0.15) is 11.6 Å². The van der Waals surface area contributed by atoms with Crippen molar-refractivity contribution in [2.45, 2.75) is 25.6 Å². The van der Waals surface area contributed by atoms with E-state index in [4.69, 9.17) is 28.3 Å². The van der Waals surface area contributed by atoms with Gasteiger partial charge in [-0.1, -0.05) is 35.3 Å². The summed E-state index contributed by atoms with van der Waals surface area (Å²) < 4.78 is 55.3. The van der Waals surface area contributed by atoms with Gasteiger partial charge in [0, 0.05) is 23.0 Å². The maximum absolute atomic E-state index is 14.5. The van der Waals surface area contributed by atoms with Crippen LogP contribution >= 0.6 is 23.2 Å². The SMILES string of the molecule is CC(C(=O)NCCO)c1ccc(Cc2c(Cl)cc(OC(F)(F)F)cc2Cl)cc1F. The molecule has 0 aliphatic rings. The number of benzene rings is 2. The van der Waals surface area contributed by atoms with Crippen molar-refractivity contribution in [2.75, 3.05) is 13.2 Å². The van der Waals surface area contributed by atoms with Gasteiger partial charge in [-0.05, 0) is 41.8 Å². The van der Waals surface area contributed by atoms with Crippen LogP contribution in [0.15, 0.2) is 30.3 Å². The highest BCUT2D eigenvalue weighted by Gasteiger charge is 2.31. The summed E-state index contributed by atoms with van der Waals surface area (Å²) in [5.74, 6) is -2.39. The van der Waals surface area contributed by atoms with Crippen LogP contribution in [-0.2, 0) is 11.2 Å². The third kappa shape index (κ3) is 6.48. The van der Waals surface area contributed by atoms with Crippen molar-refractivity contribution in [3.8, 4) is 5.75 Å². The van der Waals surface area contributed by atoms with Crippen molar-refractivity contribution >= 4 is 29.1 Å². The zero-order valence-electron chi connectivity index (χ0n) is 15.1. The Morgan fingerprint density at radius 3 is 2.34 bits per heavy atom. The molecule has 1 atom stereocenters. The Bertz CT molecular complexity index is 867. The molecule has 0 saturated heterocycles. The topological polar surface area (TPSA) is 58.6 Å². The van der Waals surface area contributed by atoms with E-state index in [-0.39, 0.29) is 35.2 Å². The molecule has 4 nitrogen and oxygen atoms in total. The monoisotopic (exact) mass is 453 g/mol. The van der Waals surface area contributed by atoms with Gasteiger partial charge in [0.15, 0.2) is 0 Å². The molecule has 0 spiro atoms. The standard InChI is InChI=1S/C19H17Cl2F4NO3/c1-10(18(28)26-4-5-27)13-3-2-11(7-17(13)22)6-14-15(20)8-12(9-16(14)21)29-19(23,24)25/h2-3,7-10,27H,4-6H2,1H3,(H,26,28). The third-order valence-electron chi connectivity index (χ3n) is 4.06. The molecule has 2 aromatic rings. The lowest BCUT2D eigenvalue weighted by Gasteiger charge is -2.15. The van der Waals surface area contributed by atoms with Crippen molar-refractivity contribution < 1.29 is 32.2 Å². The van der Waals surface area contributed by atoms with E-state index in [2.05, 4.69) is 10.1 Å². The van der Waals surface area contributed by atoms with Gasteiger partial charge < -0.3 is 15.2 Å². The molecule has 10 heteroatoms. The van der Waals surface area contributed by atoms with Crippen LogP contribution in [0, 0.1) is 5.82 Å². The van der Waals surface area contributed by atoms with E-state index in [0.29, 0.717) is 11.1 Å². The predicted octanol–water partition coefficient (Wildman–Crippen LogP) is 4.83. The highest BCUT2D eigenvalue weighted by atomic mass is 35.5. The van der Waals surface area contributed by atoms with Crippen LogP contribution in [0.1, 0.15) is 29.5 Å². The van der Waals surface area contributed by atoms with Crippen molar-refractivity contribution in [1.29, 1.82) is 0 Å². The third-order valence-corrected chi connectivity index (χ3v) is 4.74. The Morgan fingerprint density at radius 1 is 1.21 bits per heavy atom. The molecule has 29 heavy (non-hydrogen) atoms. The summed E-state index contributed by atoms with van der Waals surface area (Å²) in [5, 5.41) is 11.1. The fourth-order valence-corrected chi connectivity index (χ4v) is 3.25. The lowest BCUT2D eigenvalue weighted by molar-refractivity contribution is -0.274. The van der Waals surface area contributed by atoms with Gasteiger partial charge in [0.05, 0.1) is 12.5 Å². The Kier molecular flexibility index (Phi) is 7.73. The largest absolute Gasteiger partial charge is 0.573 e. The number of aliphatic hydroxyl groups is 1.